The normalized spacial score (nSPS) is 15.7. The van der Waals surface area contributed by atoms with Crippen molar-refractivity contribution in [3.05, 3.63) is 53.5 Å². The summed E-state index contributed by atoms with van der Waals surface area (Å²) in [6.45, 7) is 3.88. The molecule has 1 aliphatic rings. The smallest absolute Gasteiger partial charge is 0.222 e. The molecule has 0 atom stereocenters. The first-order chi connectivity index (χ1) is 12.6. The Bertz CT molecular complexity index is 915. The van der Waals surface area contributed by atoms with Gasteiger partial charge in [-0.05, 0) is 49.8 Å². The first kappa shape index (κ1) is 16.9. The molecule has 4 rings (SSSR count). The number of nitrogens with zero attached hydrogens (tertiary/aromatic N) is 3. The first-order valence-electron chi connectivity index (χ1n) is 9.45. The van der Waals surface area contributed by atoms with Crippen molar-refractivity contribution in [1.29, 1.82) is 0 Å². The number of aromatic nitrogens is 3. The average molecular weight is 350 g/mol. The molecule has 0 bridgehead atoms. The van der Waals surface area contributed by atoms with Crippen LogP contribution in [0.4, 0.5) is 0 Å². The van der Waals surface area contributed by atoms with Crippen molar-refractivity contribution in [3.8, 4) is 0 Å². The Kier molecular flexibility index (Phi) is 4.53. The highest BCUT2D eigenvalue weighted by Gasteiger charge is 2.26. The number of carbonyl (C=O) groups excluding carboxylic acids is 1. The Morgan fingerprint density at radius 2 is 2.00 bits per heavy atom. The van der Waals surface area contributed by atoms with Crippen molar-refractivity contribution in [2.75, 3.05) is 13.1 Å². The lowest BCUT2D eigenvalue weighted by Gasteiger charge is -2.32. The van der Waals surface area contributed by atoms with E-state index in [2.05, 4.69) is 41.3 Å². The maximum atomic E-state index is 12.6. The minimum Gasteiger partial charge on any atom is -0.358 e. The van der Waals surface area contributed by atoms with Crippen LogP contribution < -0.4 is 0 Å². The molecule has 0 radical (unpaired) electrons. The number of aromatic amines is 1. The van der Waals surface area contributed by atoms with Gasteiger partial charge in [-0.25, -0.2) is 0 Å². The van der Waals surface area contributed by atoms with Crippen LogP contribution in [0.3, 0.4) is 0 Å². The fourth-order valence-electron chi connectivity index (χ4n) is 4.28. The molecule has 0 spiro atoms. The minimum absolute atomic E-state index is 0.264. The molecule has 5 nitrogen and oxygen atoms in total. The maximum absolute atomic E-state index is 12.6. The molecule has 136 valence electrons. The summed E-state index contributed by atoms with van der Waals surface area (Å²) < 4.78 is 1.85. The average Bonchev–Trinajstić information content (AvgIpc) is 3.21. The fourth-order valence-corrected chi connectivity index (χ4v) is 4.28. The first-order valence-corrected chi connectivity index (χ1v) is 9.45. The van der Waals surface area contributed by atoms with Gasteiger partial charge in [-0.3, -0.25) is 9.48 Å². The molecule has 26 heavy (non-hydrogen) atoms. The summed E-state index contributed by atoms with van der Waals surface area (Å²) in [5.74, 6) is 0.799. The van der Waals surface area contributed by atoms with Crippen LogP contribution in [0.15, 0.2) is 36.5 Å². The van der Waals surface area contributed by atoms with E-state index in [1.165, 1.54) is 22.2 Å². The second-order valence-electron chi connectivity index (χ2n) is 7.31. The van der Waals surface area contributed by atoms with Gasteiger partial charge in [0, 0.05) is 55.0 Å². The second-order valence-corrected chi connectivity index (χ2v) is 7.31. The van der Waals surface area contributed by atoms with E-state index in [4.69, 9.17) is 0 Å². The number of hydrogen-bond acceptors (Lipinski definition) is 2. The molecule has 2 aromatic heterocycles. The van der Waals surface area contributed by atoms with Crippen LogP contribution >= 0.6 is 0 Å². The standard InChI is InChI=1S/C21H26N4O/c1-15-21(18-5-3-4-6-19(18)23-15)16-10-13-25(14-11-16)20(26)8-7-17-9-12-22-24(17)2/h3-6,9,12,16,23H,7-8,10-11,13-14H2,1-2H3. The summed E-state index contributed by atoms with van der Waals surface area (Å²) in [4.78, 5) is 18.1. The Morgan fingerprint density at radius 3 is 2.73 bits per heavy atom. The highest BCUT2D eigenvalue weighted by atomic mass is 16.2. The molecule has 0 aliphatic carbocycles. The number of benzene rings is 1. The SMILES string of the molecule is Cc1[nH]c2ccccc2c1C1CCN(C(=O)CCc2ccnn2C)CC1. The lowest BCUT2D eigenvalue weighted by atomic mass is 9.87. The quantitative estimate of drug-likeness (QED) is 0.782. The number of rotatable bonds is 4. The molecule has 1 aliphatic heterocycles. The van der Waals surface area contributed by atoms with Gasteiger partial charge in [0.25, 0.3) is 0 Å². The van der Waals surface area contributed by atoms with Crippen LogP contribution in [0, 0.1) is 6.92 Å². The molecule has 3 aromatic rings. The Morgan fingerprint density at radius 1 is 1.23 bits per heavy atom. The second kappa shape index (κ2) is 6.98. The number of amides is 1. The predicted molar refractivity (Wildman–Crippen MR) is 103 cm³/mol. The molecular weight excluding hydrogens is 324 g/mol. The van der Waals surface area contributed by atoms with Crippen LogP contribution in [-0.4, -0.2) is 38.7 Å². The lowest BCUT2D eigenvalue weighted by Crippen LogP contribution is -2.38. The summed E-state index contributed by atoms with van der Waals surface area (Å²) in [7, 11) is 1.93. The Balaban J connectivity index is 1.38. The Hall–Kier alpha value is -2.56. The zero-order valence-corrected chi connectivity index (χ0v) is 15.5. The molecule has 3 heterocycles. The molecular formula is C21H26N4O. The van der Waals surface area contributed by atoms with Crippen molar-refractivity contribution in [1.82, 2.24) is 19.7 Å². The van der Waals surface area contributed by atoms with Gasteiger partial charge in [-0.15, -0.1) is 0 Å². The maximum Gasteiger partial charge on any atom is 0.222 e. The summed E-state index contributed by atoms with van der Waals surface area (Å²) in [6.07, 6.45) is 5.20. The van der Waals surface area contributed by atoms with E-state index in [0.29, 0.717) is 12.3 Å². The van der Waals surface area contributed by atoms with Gasteiger partial charge >= 0.3 is 0 Å². The number of nitrogens with one attached hydrogen (secondary N) is 1. The molecule has 1 N–H and O–H groups in total. The number of piperidine rings is 1. The number of H-pyrrole nitrogens is 1. The topological polar surface area (TPSA) is 53.9 Å². The largest absolute Gasteiger partial charge is 0.358 e. The number of hydrogen-bond donors (Lipinski definition) is 1. The van der Waals surface area contributed by atoms with Crippen molar-refractivity contribution in [2.24, 2.45) is 7.05 Å². The van der Waals surface area contributed by atoms with Crippen molar-refractivity contribution in [3.63, 3.8) is 0 Å². The van der Waals surface area contributed by atoms with Crippen molar-refractivity contribution in [2.45, 2.75) is 38.5 Å². The molecule has 1 amide bonds. The van der Waals surface area contributed by atoms with E-state index in [1.807, 2.05) is 22.7 Å². The van der Waals surface area contributed by atoms with E-state index in [9.17, 15) is 4.79 Å². The van der Waals surface area contributed by atoms with Gasteiger partial charge in [0.05, 0.1) is 0 Å². The highest BCUT2D eigenvalue weighted by Crippen LogP contribution is 2.35. The molecule has 0 saturated carbocycles. The van der Waals surface area contributed by atoms with Crippen LogP contribution in [0.1, 0.15) is 42.1 Å². The fraction of sp³-hybridized carbons (Fsp3) is 0.429. The van der Waals surface area contributed by atoms with Crippen LogP contribution in [0.2, 0.25) is 0 Å². The number of fused-ring (bicyclic) bond motifs is 1. The third-order valence-corrected chi connectivity index (χ3v) is 5.72. The van der Waals surface area contributed by atoms with E-state index >= 15 is 0 Å². The van der Waals surface area contributed by atoms with Gasteiger partial charge in [0.2, 0.25) is 5.91 Å². The molecule has 1 aromatic carbocycles. The van der Waals surface area contributed by atoms with Crippen molar-refractivity contribution >= 4 is 16.8 Å². The lowest BCUT2D eigenvalue weighted by molar-refractivity contribution is -0.132. The predicted octanol–water partition coefficient (Wildman–Crippen LogP) is 3.55. The van der Waals surface area contributed by atoms with Crippen LogP contribution in [0.25, 0.3) is 10.9 Å². The molecule has 1 saturated heterocycles. The van der Waals surface area contributed by atoms with E-state index in [1.54, 1.807) is 6.20 Å². The highest BCUT2D eigenvalue weighted by molar-refractivity contribution is 5.85. The Labute approximate surface area is 154 Å². The summed E-state index contributed by atoms with van der Waals surface area (Å²) in [5, 5.41) is 5.51. The molecule has 1 fully saturated rings. The van der Waals surface area contributed by atoms with Gasteiger partial charge in [0.1, 0.15) is 0 Å². The van der Waals surface area contributed by atoms with Gasteiger partial charge in [0.15, 0.2) is 0 Å². The van der Waals surface area contributed by atoms with Crippen molar-refractivity contribution < 1.29 is 4.79 Å². The molecule has 0 unspecified atom stereocenters. The minimum atomic E-state index is 0.264. The number of para-hydroxylation sites is 1. The number of carbonyl (C=O) groups is 1. The van der Waals surface area contributed by atoms with E-state index < -0.39 is 0 Å². The van der Waals surface area contributed by atoms with Gasteiger partial charge < -0.3 is 9.88 Å². The zero-order valence-electron chi connectivity index (χ0n) is 15.5. The monoisotopic (exact) mass is 350 g/mol. The summed E-state index contributed by atoms with van der Waals surface area (Å²) >= 11 is 0. The third kappa shape index (κ3) is 3.14. The zero-order chi connectivity index (χ0) is 18.1. The third-order valence-electron chi connectivity index (χ3n) is 5.72. The number of aryl methyl sites for hydroxylation is 3. The van der Waals surface area contributed by atoms with Crippen LogP contribution in [0.5, 0.6) is 0 Å². The summed E-state index contributed by atoms with van der Waals surface area (Å²) in [5.41, 5.74) is 5.05. The number of likely N-dealkylation sites (tertiary alicyclic amines) is 1. The summed E-state index contributed by atoms with van der Waals surface area (Å²) in [6, 6.07) is 10.5. The van der Waals surface area contributed by atoms with Gasteiger partial charge in [-0.2, -0.15) is 5.10 Å². The van der Waals surface area contributed by atoms with Gasteiger partial charge in [-0.1, -0.05) is 18.2 Å². The van der Waals surface area contributed by atoms with E-state index in [0.717, 1.165) is 38.0 Å². The van der Waals surface area contributed by atoms with E-state index in [-0.39, 0.29) is 5.91 Å². The van der Waals surface area contributed by atoms with Crippen LogP contribution in [-0.2, 0) is 18.3 Å². The molecule has 5 heteroatoms.